The third-order valence-corrected chi connectivity index (χ3v) is 2.25. The fourth-order valence-corrected chi connectivity index (χ4v) is 1.45. The Balaban J connectivity index is 2.46. The monoisotopic (exact) mass is 262 g/mol. The van der Waals surface area contributed by atoms with Gasteiger partial charge in [0.1, 0.15) is 5.69 Å². The third kappa shape index (κ3) is 1.98. The van der Waals surface area contributed by atoms with Crippen molar-refractivity contribution < 1.29 is 22.4 Å². The minimum absolute atomic E-state index is 0.347. The summed E-state index contributed by atoms with van der Waals surface area (Å²) in [6.07, 6.45) is -5.59. The van der Waals surface area contributed by atoms with Gasteiger partial charge in [0, 0.05) is 0 Å². The Hall–Kier alpha value is -2.19. The molecule has 1 aliphatic heterocycles. The third-order valence-electron chi connectivity index (χ3n) is 2.25. The van der Waals surface area contributed by atoms with Crippen molar-refractivity contribution in [1.29, 1.82) is 0 Å². The molecule has 96 valence electrons. The molecule has 0 saturated heterocycles. The molecule has 0 aliphatic carbocycles. The summed E-state index contributed by atoms with van der Waals surface area (Å²) in [5.41, 5.74) is 0.308. The Kier molecular flexibility index (Phi) is 2.89. The van der Waals surface area contributed by atoms with Crippen molar-refractivity contribution in [2.75, 3.05) is 5.01 Å². The van der Waals surface area contributed by atoms with E-state index in [1.54, 1.807) is 0 Å². The average molecular weight is 262 g/mol. The van der Waals surface area contributed by atoms with Crippen molar-refractivity contribution in [2.45, 2.75) is 12.3 Å². The van der Waals surface area contributed by atoms with E-state index in [-0.39, 0.29) is 0 Å². The summed E-state index contributed by atoms with van der Waals surface area (Å²) in [4.78, 5) is 10.6. The van der Waals surface area contributed by atoms with Crippen LogP contribution in [0.3, 0.4) is 0 Å². The summed E-state index contributed by atoms with van der Waals surface area (Å²) in [6, 6.07) is 2.71. The average Bonchev–Trinajstić information content (AvgIpc) is 2.75. The number of carbonyl (C=O) groups excluding carboxylic acids is 1. The number of halogens is 4. The van der Waals surface area contributed by atoms with E-state index < -0.39 is 29.4 Å². The zero-order valence-electron chi connectivity index (χ0n) is 8.65. The van der Waals surface area contributed by atoms with Crippen molar-refractivity contribution in [3.8, 4) is 0 Å². The van der Waals surface area contributed by atoms with Crippen molar-refractivity contribution in [3.63, 3.8) is 0 Å². The SMILES string of the molecule is O=CC1NN=NN1c1cccc(C(F)(F)F)c1F. The van der Waals surface area contributed by atoms with Gasteiger partial charge in [0.25, 0.3) is 0 Å². The Morgan fingerprint density at radius 3 is 2.72 bits per heavy atom. The lowest BCUT2D eigenvalue weighted by Gasteiger charge is -2.19. The standard InChI is InChI=1S/C9H6F4N4O/c10-8-5(9(11,12)13)2-1-3-6(8)17-7(4-18)14-15-16-17/h1-4,7H,(H,14,16). The summed E-state index contributed by atoms with van der Waals surface area (Å²) in [5.74, 6) is -1.50. The Bertz CT molecular complexity index is 502. The highest BCUT2D eigenvalue weighted by Crippen LogP contribution is 2.35. The smallest absolute Gasteiger partial charge is 0.299 e. The fraction of sp³-hybridized carbons (Fsp3) is 0.222. The number of alkyl halides is 3. The Morgan fingerprint density at radius 2 is 2.11 bits per heavy atom. The van der Waals surface area contributed by atoms with Crippen molar-refractivity contribution in [2.24, 2.45) is 10.4 Å². The maximum atomic E-state index is 13.7. The highest BCUT2D eigenvalue weighted by molar-refractivity contribution is 5.66. The number of nitrogens with zero attached hydrogens (tertiary/aromatic N) is 3. The van der Waals surface area contributed by atoms with Crippen molar-refractivity contribution in [1.82, 2.24) is 5.43 Å². The van der Waals surface area contributed by atoms with Crippen molar-refractivity contribution >= 4 is 12.0 Å². The maximum absolute atomic E-state index is 13.7. The highest BCUT2D eigenvalue weighted by atomic mass is 19.4. The molecular weight excluding hydrogens is 256 g/mol. The quantitative estimate of drug-likeness (QED) is 0.655. The molecule has 0 fully saturated rings. The number of aldehydes is 1. The van der Waals surface area contributed by atoms with E-state index in [4.69, 9.17) is 0 Å². The molecule has 2 rings (SSSR count). The maximum Gasteiger partial charge on any atom is 0.419 e. The van der Waals surface area contributed by atoms with E-state index in [1.165, 1.54) is 0 Å². The topological polar surface area (TPSA) is 57.1 Å². The Morgan fingerprint density at radius 1 is 1.39 bits per heavy atom. The van der Waals surface area contributed by atoms with Gasteiger partial charge >= 0.3 is 6.18 Å². The molecule has 0 saturated carbocycles. The van der Waals surface area contributed by atoms with Crippen molar-refractivity contribution in [3.05, 3.63) is 29.6 Å². The van der Waals surface area contributed by atoms with Crippen LogP contribution in [0.25, 0.3) is 0 Å². The van der Waals surface area contributed by atoms with Crippen LogP contribution in [0.4, 0.5) is 23.2 Å². The van der Waals surface area contributed by atoms with Crippen LogP contribution in [0.1, 0.15) is 5.56 Å². The first-order valence-electron chi connectivity index (χ1n) is 4.71. The van der Waals surface area contributed by atoms with Crippen LogP contribution in [0.5, 0.6) is 0 Å². The lowest BCUT2D eigenvalue weighted by Crippen LogP contribution is -2.37. The Labute approximate surface area is 98.0 Å². The predicted molar refractivity (Wildman–Crippen MR) is 51.7 cm³/mol. The summed E-state index contributed by atoms with van der Waals surface area (Å²) < 4.78 is 51.2. The molecule has 1 unspecified atom stereocenters. The highest BCUT2D eigenvalue weighted by Gasteiger charge is 2.37. The van der Waals surface area contributed by atoms with Gasteiger partial charge in [-0.2, -0.15) is 13.2 Å². The van der Waals surface area contributed by atoms with Crippen LogP contribution in [0.15, 0.2) is 28.6 Å². The molecule has 0 radical (unpaired) electrons. The zero-order chi connectivity index (χ0) is 13.3. The summed E-state index contributed by atoms with van der Waals surface area (Å²) in [7, 11) is 0. The number of hydrogen-bond acceptors (Lipinski definition) is 5. The second-order valence-corrected chi connectivity index (χ2v) is 3.38. The molecule has 1 aliphatic rings. The van der Waals surface area contributed by atoms with Gasteiger partial charge in [0.05, 0.1) is 5.56 Å². The molecular formula is C9H6F4N4O. The molecule has 0 bridgehead atoms. The normalized spacial score (nSPS) is 18.9. The van der Waals surface area contributed by atoms with Gasteiger partial charge in [-0.15, -0.1) is 0 Å². The van der Waals surface area contributed by atoms with Crippen LogP contribution >= 0.6 is 0 Å². The number of anilines is 1. The summed E-state index contributed by atoms with van der Waals surface area (Å²) in [6.45, 7) is 0. The molecule has 1 aromatic carbocycles. The van der Waals surface area contributed by atoms with E-state index >= 15 is 0 Å². The van der Waals surface area contributed by atoms with Gasteiger partial charge in [0.2, 0.25) is 0 Å². The van der Waals surface area contributed by atoms with Gasteiger partial charge in [-0.3, -0.25) is 10.2 Å². The first-order chi connectivity index (χ1) is 8.45. The molecule has 9 heteroatoms. The van der Waals surface area contributed by atoms with E-state index in [9.17, 15) is 22.4 Å². The van der Waals surface area contributed by atoms with Gasteiger partial charge in [-0.1, -0.05) is 11.3 Å². The molecule has 18 heavy (non-hydrogen) atoms. The van der Waals surface area contributed by atoms with Crippen LogP contribution in [0.2, 0.25) is 0 Å². The molecule has 5 nitrogen and oxygen atoms in total. The lowest BCUT2D eigenvalue weighted by atomic mass is 10.1. The molecule has 1 N–H and O–H groups in total. The predicted octanol–water partition coefficient (Wildman–Crippen LogP) is 2.06. The van der Waals surface area contributed by atoms with E-state index in [0.717, 1.165) is 17.1 Å². The molecule has 0 spiro atoms. The largest absolute Gasteiger partial charge is 0.419 e. The van der Waals surface area contributed by atoms with Gasteiger partial charge < -0.3 is 0 Å². The number of benzene rings is 1. The second kappa shape index (κ2) is 4.24. The fourth-order valence-electron chi connectivity index (χ4n) is 1.45. The first kappa shape index (κ1) is 12.3. The van der Waals surface area contributed by atoms with E-state index in [1.807, 2.05) is 0 Å². The zero-order valence-corrected chi connectivity index (χ0v) is 8.65. The molecule has 0 amide bonds. The molecule has 1 heterocycles. The van der Waals surface area contributed by atoms with E-state index in [0.29, 0.717) is 12.4 Å². The molecule has 1 aromatic rings. The number of carbonyl (C=O) groups is 1. The van der Waals surface area contributed by atoms with Crippen LogP contribution in [0, 0.1) is 5.82 Å². The van der Waals surface area contributed by atoms with Crippen LogP contribution in [-0.4, -0.2) is 12.5 Å². The number of nitrogens with one attached hydrogen (secondary N) is 1. The summed E-state index contributed by atoms with van der Waals surface area (Å²) in [5, 5.41) is 7.33. The summed E-state index contributed by atoms with van der Waals surface area (Å²) >= 11 is 0. The minimum atomic E-state index is -4.82. The second-order valence-electron chi connectivity index (χ2n) is 3.38. The van der Waals surface area contributed by atoms with Gasteiger partial charge in [0.15, 0.2) is 18.3 Å². The van der Waals surface area contributed by atoms with Gasteiger partial charge in [-0.05, 0) is 17.4 Å². The first-order valence-corrected chi connectivity index (χ1v) is 4.71. The van der Waals surface area contributed by atoms with Crippen LogP contribution in [-0.2, 0) is 11.0 Å². The number of hydrogen-bond donors (Lipinski definition) is 1. The number of rotatable bonds is 2. The van der Waals surface area contributed by atoms with Gasteiger partial charge in [-0.25, -0.2) is 9.40 Å². The minimum Gasteiger partial charge on any atom is -0.299 e. The van der Waals surface area contributed by atoms with Crippen LogP contribution < -0.4 is 10.4 Å². The molecule has 1 atom stereocenters. The van der Waals surface area contributed by atoms with E-state index in [2.05, 4.69) is 15.9 Å². The lowest BCUT2D eigenvalue weighted by molar-refractivity contribution is -0.139. The molecule has 0 aromatic heterocycles.